The van der Waals surface area contributed by atoms with Crippen molar-refractivity contribution in [3.05, 3.63) is 52.7 Å². The summed E-state index contributed by atoms with van der Waals surface area (Å²) in [6, 6.07) is 6.14. The van der Waals surface area contributed by atoms with Crippen LogP contribution in [0.25, 0.3) is 11.2 Å². The Balaban J connectivity index is 1.92. The summed E-state index contributed by atoms with van der Waals surface area (Å²) in [5, 5.41) is 18.9. The van der Waals surface area contributed by atoms with Gasteiger partial charge in [0.25, 0.3) is 0 Å². The predicted octanol–water partition coefficient (Wildman–Crippen LogP) is 3.50. The van der Waals surface area contributed by atoms with Crippen LogP contribution in [0.5, 0.6) is 0 Å². The first kappa shape index (κ1) is 18.1. The van der Waals surface area contributed by atoms with Crippen LogP contribution in [-0.2, 0) is 6.54 Å². The zero-order valence-electron chi connectivity index (χ0n) is 14.2. The summed E-state index contributed by atoms with van der Waals surface area (Å²) in [5.41, 5.74) is 2.18. The molecule has 4 N–H and O–H groups in total. The van der Waals surface area contributed by atoms with Crippen molar-refractivity contribution in [1.29, 1.82) is 0 Å². The molecule has 26 heavy (non-hydrogen) atoms. The molecule has 0 radical (unpaired) electrons. The highest BCUT2D eigenvalue weighted by molar-refractivity contribution is 6.31. The number of aromatic amines is 1. The van der Waals surface area contributed by atoms with Crippen molar-refractivity contribution >= 4 is 34.3 Å². The van der Waals surface area contributed by atoms with Gasteiger partial charge in [0.15, 0.2) is 11.5 Å². The van der Waals surface area contributed by atoms with Crippen LogP contribution in [0, 0.1) is 5.82 Å². The number of rotatable bonds is 5. The van der Waals surface area contributed by atoms with Gasteiger partial charge in [-0.25, -0.2) is 14.4 Å². The summed E-state index contributed by atoms with van der Waals surface area (Å²) in [4.78, 5) is 11.9. The van der Waals surface area contributed by atoms with Gasteiger partial charge in [-0.15, -0.1) is 0 Å². The molecule has 0 saturated carbocycles. The number of hydrogen-bond donors (Lipinski definition) is 4. The van der Waals surface area contributed by atoms with Gasteiger partial charge < -0.3 is 20.8 Å². The number of pyridine rings is 1. The van der Waals surface area contributed by atoms with Crippen LogP contribution < -0.4 is 10.6 Å². The number of amidine groups is 1. The molecule has 0 bridgehead atoms. The van der Waals surface area contributed by atoms with E-state index in [9.17, 15) is 9.60 Å². The van der Waals surface area contributed by atoms with Gasteiger partial charge in [-0.3, -0.25) is 0 Å². The Morgan fingerprint density at radius 1 is 1.38 bits per heavy atom. The van der Waals surface area contributed by atoms with E-state index in [1.807, 2.05) is 13.8 Å². The topological polar surface area (TPSA) is 98.2 Å². The van der Waals surface area contributed by atoms with Crippen molar-refractivity contribution in [3.63, 3.8) is 0 Å². The zero-order chi connectivity index (χ0) is 18.7. The number of nitrogens with one attached hydrogen (secondary N) is 3. The van der Waals surface area contributed by atoms with E-state index in [4.69, 9.17) is 11.6 Å². The first-order valence-corrected chi connectivity index (χ1v) is 8.37. The normalized spacial score (nSPS) is 12.1. The van der Waals surface area contributed by atoms with E-state index >= 15 is 0 Å². The van der Waals surface area contributed by atoms with Gasteiger partial charge in [-0.2, -0.15) is 0 Å². The smallest absolute Gasteiger partial charge is 0.179 e. The van der Waals surface area contributed by atoms with E-state index in [0.29, 0.717) is 35.0 Å². The highest BCUT2D eigenvalue weighted by Crippen LogP contribution is 2.21. The number of fused-ring (bicyclic) bond motifs is 1. The Labute approximate surface area is 154 Å². The van der Waals surface area contributed by atoms with Gasteiger partial charge in [0, 0.05) is 23.5 Å². The van der Waals surface area contributed by atoms with Gasteiger partial charge in [-0.05, 0) is 24.3 Å². The maximum absolute atomic E-state index is 13.3. The third kappa shape index (κ3) is 3.92. The quantitative estimate of drug-likeness (QED) is 0.236. The largest absolute Gasteiger partial charge is 0.409 e. The molecule has 0 aliphatic heterocycles. The minimum absolute atomic E-state index is 0.0317. The Morgan fingerprint density at radius 3 is 2.88 bits per heavy atom. The van der Waals surface area contributed by atoms with E-state index in [2.05, 4.69) is 30.7 Å². The minimum atomic E-state index is -0.526. The molecular formula is C17H18ClFN6O. The molecule has 0 spiro atoms. The summed E-state index contributed by atoms with van der Waals surface area (Å²) >= 11 is 5.79. The van der Waals surface area contributed by atoms with Crippen molar-refractivity contribution in [2.75, 3.05) is 5.32 Å². The summed E-state index contributed by atoms with van der Waals surface area (Å²) in [7, 11) is 0. The summed E-state index contributed by atoms with van der Waals surface area (Å²) in [5.74, 6) is 0.352. The van der Waals surface area contributed by atoms with Crippen LogP contribution in [-0.4, -0.2) is 32.0 Å². The van der Waals surface area contributed by atoms with E-state index in [1.165, 1.54) is 18.2 Å². The van der Waals surface area contributed by atoms with Gasteiger partial charge in [-0.1, -0.05) is 30.6 Å². The monoisotopic (exact) mass is 376 g/mol. The fraction of sp³-hybridized carbons (Fsp3) is 0.235. The number of benzene rings is 1. The fourth-order valence-electron chi connectivity index (χ4n) is 2.40. The average Bonchev–Trinajstić information content (AvgIpc) is 3.04. The molecule has 2 heterocycles. The van der Waals surface area contributed by atoms with Crippen LogP contribution >= 0.6 is 11.6 Å². The van der Waals surface area contributed by atoms with E-state index in [0.717, 1.165) is 5.82 Å². The SMILES string of the molecule is CC(C)NCc1nc2nccc(/C(=N/O)Nc3ccc(F)c(Cl)c3)c2[nH]1. The molecule has 7 nitrogen and oxygen atoms in total. The van der Waals surface area contributed by atoms with Crippen molar-refractivity contribution in [2.45, 2.75) is 26.4 Å². The summed E-state index contributed by atoms with van der Waals surface area (Å²) in [6.07, 6.45) is 1.57. The zero-order valence-corrected chi connectivity index (χ0v) is 15.0. The molecule has 0 aliphatic rings. The lowest BCUT2D eigenvalue weighted by molar-refractivity contribution is 0.319. The van der Waals surface area contributed by atoms with Crippen LogP contribution in [0.1, 0.15) is 25.2 Å². The minimum Gasteiger partial charge on any atom is -0.409 e. The molecular weight excluding hydrogens is 359 g/mol. The molecule has 0 unspecified atom stereocenters. The number of imidazole rings is 1. The van der Waals surface area contributed by atoms with Crippen molar-refractivity contribution < 1.29 is 9.60 Å². The molecule has 2 aromatic heterocycles. The van der Waals surface area contributed by atoms with Gasteiger partial charge in [0.2, 0.25) is 0 Å². The summed E-state index contributed by atoms with van der Waals surface area (Å²) < 4.78 is 13.3. The molecule has 3 aromatic rings. The van der Waals surface area contributed by atoms with Crippen LogP contribution in [0.15, 0.2) is 35.6 Å². The fourth-order valence-corrected chi connectivity index (χ4v) is 2.58. The third-order valence-corrected chi connectivity index (χ3v) is 3.95. The Bertz CT molecular complexity index is 956. The van der Waals surface area contributed by atoms with Gasteiger partial charge in [0.1, 0.15) is 11.6 Å². The lowest BCUT2D eigenvalue weighted by atomic mass is 10.2. The number of nitrogens with zero attached hydrogens (tertiary/aromatic N) is 3. The Morgan fingerprint density at radius 2 is 2.19 bits per heavy atom. The first-order chi connectivity index (χ1) is 12.5. The standard InChI is InChI=1S/C17H18ClFN6O/c1-9(2)21-8-14-23-15-11(5-6-20-17(15)24-14)16(25-26)22-10-3-4-13(19)12(18)7-10/h3-7,9,21,26H,8H2,1-2H3,(H,22,25)(H,20,23,24). The lowest BCUT2D eigenvalue weighted by Crippen LogP contribution is -2.22. The van der Waals surface area contributed by atoms with Gasteiger partial charge in [0.05, 0.1) is 17.1 Å². The van der Waals surface area contributed by atoms with E-state index in [-0.39, 0.29) is 10.9 Å². The molecule has 1 aromatic carbocycles. The highest BCUT2D eigenvalue weighted by atomic mass is 35.5. The molecule has 0 saturated heterocycles. The van der Waals surface area contributed by atoms with Gasteiger partial charge >= 0.3 is 0 Å². The summed E-state index contributed by atoms with van der Waals surface area (Å²) in [6.45, 7) is 4.64. The van der Waals surface area contributed by atoms with Crippen LogP contribution in [0.2, 0.25) is 5.02 Å². The molecule has 0 fully saturated rings. The highest BCUT2D eigenvalue weighted by Gasteiger charge is 2.14. The second-order valence-electron chi connectivity index (χ2n) is 5.98. The van der Waals surface area contributed by atoms with Crippen LogP contribution in [0.4, 0.5) is 10.1 Å². The average molecular weight is 377 g/mol. The molecule has 0 amide bonds. The van der Waals surface area contributed by atoms with E-state index in [1.54, 1.807) is 12.3 Å². The Hall–Kier alpha value is -2.71. The number of hydrogen-bond acceptors (Lipinski definition) is 5. The molecule has 0 atom stereocenters. The number of aromatic nitrogens is 3. The lowest BCUT2D eigenvalue weighted by Gasteiger charge is -2.09. The maximum Gasteiger partial charge on any atom is 0.179 e. The van der Waals surface area contributed by atoms with Crippen molar-refractivity contribution in [3.8, 4) is 0 Å². The maximum atomic E-state index is 13.3. The number of H-pyrrole nitrogens is 1. The second-order valence-corrected chi connectivity index (χ2v) is 6.39. The Kier molecular flexibility index (Phi) is 5.34. The third-order valence-electron chi connectivity index (χ3n) is 3.66. The molecule has 3 rings (SSSR count). The van der Waals surface area contributed by atoms with Crippen molar-refractivity contribution in [1.82, 2.24) is 20.3 Å². The number of halogens is 2. The van der Waals surface area contributed by atoms with Crippen LogP contribution in [0.3, 0.4) is 0 Å². The molecule has 136 valence electrons. The second kappa shape index (κ2) is 7.67. The number of oxime groups is 1. The number of anilines is 1. The van der Waals surface area contributed by atoms with E-state index < -0.39 is 5.82 Å². The first-order valence-electron chi connectivity index (χ1n) is 7.99. The molecule has 0 aliphatic carbocycles. The van der Waals surface area contributed by atoms with Crippen molar-refractivity contribution in [2.24, 2.45) is 5.16 Å². The molecule has 9 heteroatoms. The predicted molar refractivity (Wildman–Crippen MR) is 99.2 cm³/mol.